The van der Waals surface area contributed by atoms with E-state index >= 15 is 0 Å². The summed E-state index contributed by atoms with van der Waals surface area (Å²) < 4.78 is 11.2. The van der Waals surface area contributed by atoms with Crippen molar-refractivity contribution in [3.63, 3.8) is 0 Å². The van der Waals surface area contributed by atoms with E-state index in [0.717, 1.165) is 11.3 Å². The van der Waals surface area contributed by atoms with Crippen molar-refractivity contribution in [1.29, 1.82) is 0 Å². The maximum atomic E-state index is 5.80. The Hall–Kier alpha value is -1.46. The van der Waals surface area contributed by atoms with Gasteiger partial charge in [-0.2, -0.15) is 0 Å². The molecule has 0 spiro atoms. The number of hydrogen-bond acceptors (Lipinski definition) is 2. The van der Waals surface area contributed by atoms with Crippen LogP contribution in [0.3, 0.4) is 0 Å². The summed E-state index contributed by atoms with van der Waals surface area (Å²) >= 11 is 0. The van der Waals surface area contributed by atoms with Gasteiger partial charge in [0, 0.05) is 12.5 Å². The first-order valence-electron chi connectivity index (χ1n) is 7.68. The molecule has 1 atom stereocenters. The molecule has 2 rings (SSSR count). The van der Waals surface area contributed by atoms with E-state index in [4.69, 9.17) is 9.47 Å². The van der Waals surface area contributed by atoms with E-state index in [0.29, 0.717) is 12.5 Å². The van der Waals surface area contributed by atoms with Crippen molar-refractivity contribution in [3.05, 3.63) is 29.8 Å². The van der Waals surface area contributed by atoms with Crippen LogP contribution in [0.4, 0.5) is 0 Å². The van der Waals surface area contributed by atoms with E-state index in [-0.39, 0.29) is 6.29 Å². The molecule has 0 bridgehead atoms. The van der Waals surface area contributed by atoms with Crippen molar-refractivity contribution in [2.45, 2.75) is 52.2 Å². The Bertz CT molecular complexity index is 464. The first-order chi connectivity index (χ1) is 9.79. The second kappa shape index (κ2) is 7.97. The molecule has 1 unspecified atom stereocenters. The lowest BCUT2D eigenvalue weighted by Crippen LogP contribution is -2.16. The second-order valence-electron chi connectivity index (χ2n) is 5.24. The first kappa shape index (κ1) is 14.9. The molecule has 2 nitrogen and oxygen atoms in total. The quantitative estimate of drug-likeness (QED) is 0.598. The minimum Gasteiger partial charge on any atom is -0.464 e. The molecule has 0 aliphatic heterocycles. The number of hydrogen-bond donors (Lipinski definition) is 0. The lowest BCUT2D eigenvalue weighted by atomic mass is 9.89. The fourth-order valence-electron chi connectivity index (χ4n) is 2.55. The summed E-state index contributed by atoms with van der Waals surface area (Å²) in [5, 5.41) is 0. The van der Waals surface area contributed by atoms with E-state index in [9.17, 15) is 0 Å². The van der Waals surface area contributed by atoms with Gasteiger partial charge in [-0.3, -0.25) is 0 Å². The Kier molecular flexibility index (Phi) is 5.95. The Balaban J connectivity index is 2.05. The average molecular weight is 272 g/mol. The van der Waals surface area contributed by atoms with Gasteiger partial charge in [-0.25, -0.2) is 0 Å². The standard InChI is InChI=1S/C18H24O2/c1-3-19-15(2)20-18-12-8-7-11-17(18)14-13-16-9-5-4-6-10-16/h7-8,11-12,15-16H,3-6,9-10H2,1-2H3. The zero-order chi connectivity index (χ0) is 14.2. The van der Waals surface area contributed by atoms with Gasteiger partial charge in [-0.05, 0) is 38.8 Å². The highest BCUT2D eigenvalue weighted by atomic mass is 16.7. The highest BCUT2D eigenvalue weighted by Crippen LogP contribution is 2.24. The monoisotopic (exact) mass is 272 g/mol. The topological polar surface area (TPSA) is 18.5 Å². The van der Waals surface area contributed by atoms with Crippen molar-refractivity contribution < 1.29 is 9.47 Å². The molecule has 108 valence electrons. The molecule has 1 aromatic carbocycles. The highest BCUT2D eigenvalue weighted by Gasteiger charge is 2.11. The summed E-state index contributed by atoms with van der Waals surface area (Å²) in [6, 6.07) is 7.95. The van der Waals surface area contributed by atoms with Crippen LogP contribution in [0.5, 0.6) is 5.75 Å². The lowest BCUT2D eigenvalue weighted by Gasteiger charge is -2.16. The van der Waals surface area contributed by atoms with Gasteiger partial charge in [0.05, 0.1) is 5.56 Å². The maximum Gasteiger partial charge on any atom is 0.197 e. The van der Waals surface area contributed by atoms with Crippen molar-refractivity contribution in [3.8, 4) is 17.6 Å². The maximum absolute atomic E-state index is 5.80. The van der Waals surface area contributed by atoms with E-state index in [2.05, 4.69) is 11.8 Å². The number of benzene rings is 1. The SMILES string of the molecule is CCOC(C)Oc1ccccc1C#CC1CCCCC1. The molecular formula is C18H24O2. The van der Waals surface area contributed by atoms with Crippen LogP contribution in [0, 0.1) is 17.8 Å². The Labute approximate surface area is 122 Å². The zero-order valence-electron chi connectivity index (χ0n) is 12.5. The Morgan fingerprint density at radius 3 is 2.70 bits per heavy atom. The molecule has 0 amide bonds. The molecule has 1 aromatic rings. The molecule has 0 aromatic heterocycles. The van der Waals surface area contributed by atoms with Gasteiger partial charge in [0.15, 0.2) is 6.29 Å². The smallest absolute Gasteiger partial charge is 0.197 e. The molecule has 1 fully saturated rings. The van der Waals surface area contributed by atoms with Gasteiger partial charge in [-0.1, -0.05) is 43.2 Å². The fourth-order valence-corrected chi connectivity index (χ4v) is 2.55. The van der Waals surface area contributed by atoms with Crippen LogP contribution < -0.4 is 4.74 Å². The number of rotatable bonds is 4. The Morgan fingerprint density at radius 1 is 1.20 bits per heavy atom. The third-order valence-electron chi connectivity index (χ3n) is 3.60. The number of para-hydroxylation sites is 1. The van der Waals surface area contributed by atoms with Crippen LogP contribution in [0.2, 0.25) is 0 Å². The molecule has 1 saturated carbocycles. The van der Waals surface area contributed by atoms with E-state index in [1.807, 2.05) is 38.1 Å². The highest BCUT2D eigenvalue weighted by molar-refractivity contribution is 5.46. The van der Waals surface area contributed by atoms with Gasteiger partial charge >= 0.3 is 0 Å². The average Bonchev–Trinajstić information content (AvgIpc) is 2.48. The Morgan fingerprint density at radius 2 is 1.95 bits per heavy atom. The summed E-state index contributed by atoms with van der Waals surface area (Å²) in [6.07, 6.45) is 6.25. The zero-order valence-corrected chi connectivity index (χ0v) is 12.5. The van der Waals surface area contributed by atoms with Crippen LogP contribution in [-0.4, -0.2) is 12.9 Å². The summed E-state index contributed by atoms with van der Waals surface area (Å²) in [6.45, 7) is 4.53. The van der Waals surface area contributed by atoms with Gasteiger partial charge < -0.3 is 9.47 Å². The summed E-state index contributed by atoms with van der Waals surface area (Å²) in [7, 11) is 0. The third-order valence-corrected chi connectivity index (χ3v) is 3.60. The minimum absolute atomic E-state index is 0.238. The normalized spacial score (nSPS) is 17.1. The van der Waals surface area contributed by atoms with Crippen LogP contribution in [0.25, 0.3) is 0 Å². The summed E-state index contributed by atoms with van der Waals surface area (Å²) in [4.78, 5) is 0. The van der Waals surface area contributed by atoms with Crippen LogP contribution in [0.1, 0.15) is 51.5 Å². The van der Waals surface area contributed by atoms with Crippen LogP contribution in [0.15, 0.2) is 24.3 Å². The van der Waals surface area contributed by atoms with Crippen LogP contribution in [-0.2, 0) is 4.74 Å². The molecule has 0 heterocycles. The molecule has 1 aliphatic carbocycles. The molecule has 1 aliphatic rings. The molecule has 2 heteroatoms. The predicted molar refractivity (Wildman–Crippen MR) is 81.6 cm³/mol. The summed E-state index contributed by atoms with van der Waals surface area (Å²) in [5.41, 5.74) is 0.963. The first-order valence-corrected chi connectivity index (χ1v) is 7.68. The van der Waals surface area contributed by atoms with E-state index in [1.54, 1.807) is 0 Å². The third kappa shape index (κ3) is 4.58. The largest absolute Gasteiger partial charge is 0.464 e. The summed E-state index contributed by atoms with van der Waals surface area (Å²) in [5.74, 6) is 8.09. The predicted octanol–water partition coefficient (Wildman–Crippen LogP) is 4.38. The minimum atomic E-state index is -0.238. The van der Waals surface area contributed by atoms with Crippen LogP contribution >= 0.6 is 0 Å². The van der Waals surface area contributed by atoms with Gasteiger partial charge in [0.2, 0.25) is 0 Å². The van der Waals surface area contributed by atoms with Gasteiger partial charge in [0.25, 0.3) is 0 Å². The fraction of sp³-hybridized carbons (Fsp3) is 0.556. The second-order valence-corrected chi connectivity index (χ2v) is 5.24. The van der Waals surface area contributed by atoms with Crippen molar-refractivity contribution in [2.75, 3.05) is 6.61 Å². The van der Waals surface area contributed by atoms with Crippen molar-refractivity contribution in [1.82, 2.24) is 0 Å². The van der Waals surface area contributed by atoms with Gasteiger partial charge in [0.1, 0.15) is 5.75 Å². The molecular weight excluding hydrogens is 248 g/mol. The molecule has 20 heavy (non-hydrogen) atoms. The molecule has 0 N–H and O–H groups in total. The van der Waals surface area contributed by atoms with E-state index < -0.39 is 0 Å². The van der Waals surface area contributed by atoms with Gasteiger partial charge in [-0.15, -0.1) is 0 Å². The molecule has 0 saturated heterocycles. The number of ether oxygens (including phenoxy) is 2. The molecule has 0 radical (unpaired) electrons. The lowest BCUT2D eigenvalue weighted by molar-refractivity contribution is -0.0614. The van der Waals surface area contributed by atoms with E-state index in [1.165, 1.54) is 32.1 Å². The van der Waals surface area contributed by atoms with Crippen molar-refractivity contribution >= 4 is 0 Å². The van der Waals surface area contributed by atoms with Crippen molar-refractivity contribution in [2.24, 2.45) is 5.92 Å².